The fourth-order valence-electron chi connectivity index (χ4n) is 2.61. The third-order valence-electron chi connectivity index (χ3n) is 3.85. The molecule has 4 heteroatoms. The summed E-state index contributed by atoms with van der Waals surface area (Å²) in [6.45, 7) is 3.99. The predicted octanol–water partition coefficient (Wildman–Crippen LogP) is 3.59. The van der Waals surface area contributed by atoms with Crippen molar-refractivity contribution >= 4 is 0 Å². The highest BCUT2D eigenvalue weighted by Gasteiger charge is 2.22. The van der Waals surface area contributed by atoms with Crippen LogP contribution in [0.5, 0.6) is 0 Å². The van der Waals surface area contributed by atoms with Gasteiger partial charge in [-0.1, -0.05) is 18.5 Å². The van der Waals surface area contributed by atoms with E-state index in [2.05, 4.69) is 28.9 Å². The van der Waals surface area contributed by atoms with Crippen LogP contribution < -0.4 is 0 Å². The lowest BCUT2D eigenvalue weighted by Gasteiger charge is -2.34. The van der Waals surface area contributed by atoms with E-state index >= 15 is 0 Å². The van der Waals surface area contributed by atoms with Crippen molar-refractivity contribution in [2.24, 2.45) is 11.0 Å². The lowest BCUT2D eigenvalue weighted by Crippen LogP contribution is -2.35. The van der Waals surface area contributed by atoms with Crippen LogP contribution >= 0.6 is 0 Å². The molecule has 0 heterocycles. The van der Waals surface area contributed by atoms with Crippen LogP contribution in [0.15, 0.2) is 5.11 Å². The number of azide groups is 1. The Hall–Kier alpha value is -0.730. The van der Waals surface area contributed by atoms with E-state index in [1.165, 1.54) is 32.1 Å². The van der Waals surface area contributed by atoms with E-state index in [4.69, 9.17) is 5.53 Å². The van der Waals surface area contributed by atoms with Crippen LogP contribution in [0.4, 0.5) is 0 Å². The third-order valence-corrected chi connectivity index (χ3v) is 3.85. The second-order valence-electron chi connectivity index (χ2n) is 4.87. The SMILES string of the molecule is CCC1CCC(N(C)CCCN=[N+]=[N-])CC1. The molecule has 1 rings (SSSR count). The molecular weight excluding hydrogens is 200 g/mol. The maximum Gasteiger partial charge on any atom is 0.0270 e. The average Bonchev–Trinajstić information content (AvgIpc) is 2.34. The summed E-state index contributed by atoms with van der Waals surface area (Å²) in [5.41, 5.74) is 8.18. The minimum Gasteiger partial charge on any atom is -0.303 e. The first-order valence-electron chi connectivity index (χ1n) is 6.49. The summed E-state index contributed by atoms with van der Waals surface area (Å²) >= 11 is 0. The van der Waals surface area contributed by atoms with E-state index in [-0.39, 0.29) is 0 Å². The molecule has 92 valence electrons. The van der Waals surface area contributed by atoms with Crippen molar-refractivity contribution in [3.63, 3.8) is 0 Å². The number of rotatable bonds is 6. The van der Waals surface area contributed by atoms with Gasteiger partial charge >= 0.3 is 0 Å². The zero-order valence-corrected chi connectivity index (χ0v) is 10.6. The highest BCUT2D eigenvalue weighted by molar-refractivity contribution is 4.77. The largest absolute Gasteiger partial charge is 0.303 e. The average molecular weight is 224 g/mol. The van der Waals surface area contributed by atoms with Crippen molar-refractivity contribution in [1.82, 2.24) is 4.90 Å². The van der Waals surface area contributed by atoms with Crippen LogP contribution in [0, 0.1) is 5.92 Å². The van der Waals surface area contributed by atoms with Crippen molar-refractivity contribution in [3.05, 3.63) is 10.4 Å². The van der Waals surface area contributed by atoms with Gasteiger partial charge < -0.3 is 4.90 Å². The highest BCUT2D eigenvalue weighted by atomic mass is 15.1. The summed E-state index contributed by atoms with van der Waals surface area (Å²) < 4.78 is 0. The molecule has 16 heavy (non-hydrogen) atoms. The summed E-state index contributed by atoms with van der Waals surface area (Å²) in [4.78, 5) is 5.22. The van der Waals surface area contributed by atoms with Gasteiger partial charge in [-0.3, -0.25) is 0 Å². The Bertz CT molecular complexity index is 227. The van der Waals surface area contributed by atoms with Crippen LogP contribution in [0.3, 0.4) is 0 Å². The maximum absolute atomic E-state index is 8.18. The Morgan fingerprint density at radius 3 is 2.56 bits per heavy atom. The summed E-state index contributed by atoms with van der Waals surface area (Å²) in [5, 5.41) is 3.57. The van der Waals surface area contributed by atoms with Gasteiger partial charge in [-0.2, -0.15) is 0 Å². The molecule has 0 aromatic carbocycles. The van der Waals surface area contributed by atoms with Gasteiger partial charge in [0, 0.05) is 17.5 Å². The number of hydrogen-bond acceptors (Lipinski definition) is 2. The van der Waals surface area contributed by atoms with Gasteiger partial charge in [-0.05, 0) is 57.1 Å². The van der Waals surface area contributed by atoms with Crippen LogP contribution in [0.1, 0.15) is 45.4 Å². The topological polar surface area (TPSA) is 52.0 Å². The molecule has 0 radical (unpaired) electrons. The molecule has 0 saturated heterocycles. The van der Waals surface area contributed by atoms with Gasteiger partial charge in [0.1, 0.15) is 0 Å². The molecule has 1 aliphatic carbocycles. The number of hydrogen-bond donors (Lipinski definition) is 0. The van der Waals surface area contributed by atoms with E-state index < -0.39 is 0 Å². The molecule has 0 aromatic heterocycles. The molecule has 0 N–H and O–H groups in total. The first kappa shape index (κ1) is 13.3. The van der Waals surface area contributed by atoms with Crippen molar-refractivity contribution in [3.8, 4) is 0 Å². The first-order chi connectivity index (χ1) is 7.77. The molecule has 0 atom stereocenters. The first-order valence-corrected chi connectivity index (χ1v) is 6.49. The smallest absolute Gasteiger partial charge is 0.0270 e. The van der Waals surface area contributed by atoms with E-state index in [9.17, 15) is 0 Å². The summed E-state index contributed by atoms with van der Waals surface area (Å²) in [6, 6.07) is 0.758. The Balaban J connectivity index is 2.17. The van der Waals surface area contributed by atoms with Crippen LogP contribution in [0.25, 0.3) is 10.4 Å². The van der Waals surface area contributed by atoms with Crippen LogP contribution in [-0.2, 0) is 0 Å². The Morgan fingerprint density at radius 2 is 2.00 bits per heavy atom. The van der Waals surface area contributed by atoms with Crippen molar-refractivity contribution in [1.29, 1.82) is 0 Å². The second kappa shape index (κ2) is 7.53. The zero-order valence-electron chi connectivity index (χ0n) is 10.6. The Kier molecular flexibility index (Phi) is 6.27. The van der Waals surface area contributed by atoms with Gasteiger partial charge in [0.2, 0.25) is 0 Å². The zero-order chi connectivity index (χ0) is 11.8. The van der Waals surface area contributed by atoms with Crippen molar-refractivity contribution < 1.29 is 0 Å². The van der Waals surface area contributed by atoms with Gasteiger partial charge in [-0.25, -0.2) is 0 Å². The predicted molar refractivity (Wildman–Crippen MR) is 67.3 cm³/mol. The van der Waals surface area contributed by atoms with Gasteiger partial charge in [0.15, 0.2) is 0 Å². The standard InChI is InChI=1S/C12H24N4/c1-3-11-5-7-12(8-6-11)16(2)10-4-9-14-15-13/h11-12H,3-10H2,1-2H3. The van der Waals surface area contributed by atoms with E-state index in [1.54, 1.807) is 0 Å². The van der Waals surface area contributed by atoms with Crippen LogP contribution in [-0.4, -0.2) is 31.1 Å². The fourth-order valence-corrected chi connectivity index (χ4v) is 2.61. The van der Waals surface area contributed by atoms with Crippen molar-refractivity contribution in [2.75, 3.05) is 20.1 Å². The molecule has 0 unspecified atom stereocenters. The molecule has 0 spiro atoms. The van der Waals surface area contributed by atoms with Gasteiger partial charge in [0.05, 0.1) is 0 Å². The molecular formula is C12H24N4. The molecule has 0 aromatic rings. The lowest BCUT2D eigenvalue weighted by molar-refractivity contribution is 0.163. The fraction of sp³-hybridized carbons (Fsp3) is 1.00. The number of nitrogens with zero attached hydrogens (tertiary/aromatic N) is 4. The lowest BCUT2D eigenvalue weighted by atomic mass is 9.84. The Labute approximate surface area is 98.6 Å². The quantitative estimate of drug-likeness (QED) is 0.294. The minimum atomic E-state index is 0.630. The minimum absolute atomic E-state index is 0.630. The third kappa shape index (κ3) is 4.42. The normalized spacial score (nSPS) is 25.4. The van der Waals surface area contributed by atoms with Crippen molar-refractivity contribution in [2.45, 2.75) is 51.5 Å². The summed E-state index contributed by atoms with van der Waals surface area (Å²) in [6.07, 6.45) is 7.79. The molecule has 0 amide bonds. The van der Waals surface area contributed by atoms with Gasteiger partial charge in [0.25, 0.3) is 0 Å². The summed E-state index contributed by atoms with van der Waals surface area (Å²) in [7, 11) is 2.20. The second-order valence-corrected chi connectivity index (χ2v) is 4.87. The molecule has 1 saturated carbocycles. The van der Waals surface area contributed by atoms with E-state index in [0.717, 1.165) is 24.9 Å². The van der Waals surface area contributed by atoms with E-state index in [1.807, 2.05) is 0 Å². The maximum atomic E-state index is 8.18. The Morgan fingerprint density at radius 1 is 1.31 bits per heavy atom. The molecule has 1 aliphatic rings. The summed E-state index contributed by atoms with van der Waals surface area (Å²) in [5.74, 6) is 0.966. The highest BCUT2D eigenvalue weighted by Crippen LogP contribution is 2.28. The monoisotopic (exact) mass is 224 g/mol. The molecule has 0 aliphatic heterocycles. The van der Waals surface area contributed by atoms with Gasteiger partial charge in [-0.15, -0.1) is 0 Å². The molecule has 0 bridgehead atoms. The molecule has 4 nitrogen and oxygen atoms in total. The van der Waals surface area contributed by atoms with E-state index in [0.29, 0.717) is 6.54 Å². The molecule has 1 fully saturated rings. The van der Waals surface area contributed by atoms with Crippen LogP contribution in [0.2, 0.25) is 0 Å².